The Labute approximate surface area is 143 Å². The number of amides is 3. The van der Waals surface area contributed by atoms with E-state index in [4.69, 9.17) is 0 Å². The number of carbonyl (C=O) groups is 4. The van der Waals surface area contributed by atoms with Crippen molar-refractivity contribution in [2.45, 2.75) is 59.2 Å². The van der Waals surface area contributed by atoms with Crippen LogP contribution in [0.25, 0.3) is 0 Å². The van der Waals surface area contributed by atoms with Crippen LogP contribution in [0, 0.1) is 11.8 Å². The number of alkyl carbamates (subject to hydrolysis) is 1. The molecular formula is C16H29N3O5. The summed E-state index contributed by atoms with van der Waals surface area (Å²) in [5.74, 6) is -0.894. The minimum atomic E-state index is -0.840. The summed E-state index contributed by atoms with van der Waals surface area (Å²) in [5, 5.41) is 7.55. The van der Waals surface area contributed by atoms with Crippen LogP contribution in [0.2, 0.25) is 0 Å². The van der Waals surface area contributed by atoms with Crippen molar-refractivity contribution in [1.29, 1.82) is 0 Å². The number of methoxy groups -OCH3 is 1. The van der Waals surface area contributed by atoms with Crippen LogP contribution in [0.4, 0.5) is 4.79 Å². The van der Waals surface area contributed by atoms with Gasteiger partial charge in [-0.25, -0.2) is 4.79 Å². The summed E-state index contributed by atoms with van der Waals surface area (Å²) in [6.07, 6.45) is 0.482. The van der Waals surface area contributed by atoms with Gasteiger partial charge < -0.3 is 25.5 Å². The average molecular weight is 343 g/mol. The van der Waals surface area contributed by atoms with Crippen molar-refractivity contribution >= 4 is 24.2 Å². The van der Waals surface area contributed by atoms with Crippen molar-refractivity contribution in [3.8, 4) is 0 Å². The van der Waals surface area contributed by atoms with E-state index in [1.165, 1.54) is 14.0 Å². The summed E-state index contributed by atoms with van der Waals surface area (Å²) >= 11 is 0. The Morgan fingerprint density at radius 1 is 0.958 bits per heavy atom. The van der Waals surface area contributed by atoms with Gasteiger partial charge in [0, 0.05) is 0 Å². The Morgan fingerprint density at radius 3 is 1.96 bits per heavy atom. The first-order valence-electron chi connectivity index (χ1n) is 8.02. The van der Waals surface area contributed by atoms with Gasteiger partial charge in [0.25, 0.3) is 0 Å². The molecule has 0 saturated heterocycles. The van der Waals surface area contributed by atoms with Crippen LogP contribution >= 0.6 is 0 Å². The van der Waals surface area contributed by atoms with Gasteiger partial charge in [0.05, 0.1) is 13.2 Å². The number of rotatable bonds is 9. The van der Waals surface area contributed by atoms with Crippen LogP contribution in [0.15, 0.2) is 0 Å². The smallest absolute Gasteiger partial charge is 0.407 e. The van der Waals surface area contributed by atoms with Gasteiger partial charge >= 0.3 is 6.09 Å². The minimum absolute atomic E-state index is 0.192. The van der Waals surface area contributed by atoms with Gasteiger partial charge in [0.15, 0.2) is 0 Å². The van der Waals surface area contributed by atoms with Gasteiger partial charge in [-0.3, -0.25) is 9.59 Å². The molecule has 8 nitrogen and oxygen atoms in total. The first kappa shape index (κ1) is 21.9. The van der Waals surface area contributed by atoms with Crippen molar-refractivity contribution in [3.63, 3.8) is 0 Å². The van der Waals surface area contributed by atoms with Crippen LogP contribution in [-0.4, -0.2) is 49.4 Å². The first-order valence-corrected chi connectivity index (χ1v) is 8.02. The molecule has 3 atom stereocenters. The molecule has 0 aliphatic heterocycles. The highest BCUT2D eigenvalue weighted by atomic mass is 16.5. The van der Waals surface area contributed by atoms with E-state index >= 15 is 0 Å². The summed E-state index contributed by atoms with van der Waals surface area (Å²) in [6.45, 7) is 8.92. The molecule has 0 radical (unpaired) electrons. The molecule has 0 fully saturated rings. The zero-order valence-electron chi connectivity index (χ0n) is 15.2. The van der Waals surface area contributed by atoms with E-state index in [9.17, 15) is 19.2 Å². The van der Waals surface area contributed by atoms with Crippen molar-refractivity contribution in [1.82, 2.24) is 16.0 Å². The highest BCUT2D eigenvalue weighted by molar-refractivity contribution is 5.91. The highest BCUT2D eigenvalue weighted by Crippen LogP contribution is 2.05. The second-order valence-electron chi connectivity index (χ2n) is 6.47. The molecule has 0 aliphatic rings. The van der Waals surface area contributed by atoms with Crippen LogP contribution < -0.4 is 16.0 Å². The number of ether oxygens (including phenoxy) is 1. The fourth-order valence-corrected chi connectivity index (χ4v) is 2.05. The largest absolute Gasteiger partial charge is 0.453 e. The molecule has 3 N–H and O–H groups in total. The molecule has 0 saturated carbocycles. The molecule has 0 heterocycles. The predicted molar refractivity (Wildman–Crippen MR) is 89.2 cm³/mol. The van der Waals surface area contributed by atoms with E-state index in [1.54, 1.807) is 13.8 Å². The third-order valence-electron chi connectivity index (χ3n) is 3.38. The Morgan fingerprint density at radius 2 is 1.54 bits per heavy atom. The molecule has 3 amide bonds. The molecule has 0 aromatic rings. The Kier molecular flexibility index (Phi) is 9.68. The molecule has 0 aliphatic carbocycles. The van der Waals surface area contributed by atoms with Crippen molar-refractivity contribution in [3.05, 3.63) is 0 Å². The van der Waals surface area contributed by atoms with Crippen molar-refractivity contribution in [2.75, 3.05) is 7.11 Å². The van der Waals surface area contributed by atoms with Gasteiger partial charge in [-0.15, -0.1) is 0 Å². The molecule has 0 aromatic carbocycles. The SMILES string of the molecule is COC(=O)N[C@H](C(=O)NC(C)C(=O)N[C@H](C=O)CC(C)C)C(C)C. The maximum Gasteiger partial charge on any atom is 0.407 e. The van der Waals surface area contributed by atoms with Crippen LogP contribution in [0.5, 0.6) is 0 Å². The molecule has 0 aromatic heterocycles. The molecule has 8 heteroatoms. The normalized spacial score (nSPS) is 14.5. The topological polar surface area (TPSA) is 114 Å². The van der Waals surface area contributed by atoms with Gasteiger partial charge in [0.1, 0.15) is 18.4 Å². The Bertz CT molecular complexity index is 451. The van der Waals surface area contributed by atoms with E-state index in [1.807, 2.05) is 13.8 Å². The van der Waals surface area contributed by atoms with E-state index in [-0.39, 0.29) is 11.8 Å². The summed E-state index contributed by atoms with van der Waals surface area (Å²) in [5.41, 5.74) is 0. The lowest BCUT2D eigenvalue weighted by Crippen LogP contribution is -2.55. The molecule has 138 valence electrons. The van der Waals surface area contributed by atoms with E-state index in [0.29, 0.717) is 12.7 Å². The lowest BCUT2D eigenvalue weighted by atomic mass is 10.0. The lowest BCUT2D eigenvalue weighted by molar-refractivity contribution is -0.131. The molecule has 1 unspecified atom stereocenters. The van der Waals surface area contributed by atoms with Gasteiger partial charge in [-0.2, -0.15) is 0 Å². The quantitative estimate of drug-likeness (QED) is 0.531. The number of nitrogens with one attached hydrogen (secondary N) is 3. The number of hydrogen-bond acceptors (Lipinski definition) is 5. The summed E-state index contributed by atoms with van der Waals surface area (Å²) < 4.78 is 4.49. The van der Waals surface area contributed by atoms with Gasteiger partial charge in [-0.1, -0.05) is 27.7 Å². The maximum absolute atomic E-state index is 12.3. The van der Waals surface area contributed by atoms with Crippen molar-refractivity contribution < 1.29 is 23.9 Å². The highest BCUT2D eigenvalue weighted by Gasteiger charge is 2.27. The zero-order valence-corrected chi connectivity index (χ0v) is 15.2. The minimum Gasteiger partial charge on any atom is -0.453 e. The number of hydrogen-bond donors (Lipinski definition) is 3. The summed E-state index contributed by atoms with van der Waals surface area (Å²) in [6, 6.07) is -2.26. The Hall–Kier alpha value is -2.12. The Balaban J connectivity index is 4.72. The van der Waals surface area contributed by atoms with Crippen LogP contribution in [0.3, 0.4) is 0 Å². The monoisotopic (exact) mass is 343 g/mol. The van der Waals surface area contributed by atoms with E-state index in [2.05, 4.69) is 20.7 Å². The first-order chi connectivity index (χ1) is 11.1. The van der Waals surface area contributed by atoms with Gasteiger partial charge in [0.2, 0.25) is 11.8 Å². The third-order valence-corrected chi connectivity index (χ3v) is 3.38. The fraction of sp³-hybridized carbons (Fsp3) is 0.750. The molecular weight excluding hydrogens is 314 g/mol. The number of carbonyl (C=O) groups excluding carboxylic acids is 4. The van der Waals surface area contributed by atoms with E-state index in [0.717, 1.165) is 0 Å². The lowest BCUT2D eigenvalue weighted by Gasteiger charge is -2.24. The van der Waals surface area contributed by atoms with Crippen molar-refractivity contribution in [2.24, 2.45) is 11.8 Å². The summed E-state index contributed by atoms with van der Waals surface area (Å²) in [7, 11) is 1.20. The molecule has 0 rings (SSSR count). The van der Waals surface area contributed by atoms with Crippen LogP contribution in [0.1, 0.15) is 41.0 Å². The third kappa shape index (κ3) is 7.94. The zero-order chi connectivity index (χ0) is 18.9. The average Bonchev–Trinajstić information content (AvgIpc) is 2.50. The fourth-order valence-electron chi connectivity index (χ4n) is 2.05. The molecule has 0 bridgehead atoms. The molecule has 0 spiro atoms. The second-order valence-corrected chi connectivity index (χ2v) is 6.47. The van der Waals surface area contributed by atoms with E-state index < -0.39 is 36.0 Å². The summed E-state index contributed by atoms with van der Waals surface area (Å²) in [4.78, 5) is 46.7. The number of aldehydes is 1. The maximum atomic E-state index is 12.3. The molecule has 24 heavy (non-hydrogen) atoms. The van der Waals surface area contributed by atoms with Gasteiger partial charge in [-0.05, 0) is 25.2 Å². The van der Waals surface area contributed by atoms with Crippen LogP contribution in [-0.2, 0) is 19.1 Å². The predicted octanol–water partition coefficient (Wildman–Crippen LogP) is 0.601. The standard InChI is InChI=1S/C16H29N3O5/c1-9(2)7-12(8-20)18-14(21)11(5)17-15(22)13(10(3)4)19-16(23)24-6/h8-13H,7H2,1-6H3,(H,17,22)(H,18,21)(H,19,23)/t11?,12-,13-/m0/s1. The second kappa shape index (κ2) is 10.6.